The van der Waals surface area contributed by atoms with Crippen molar-refractivity contribution in [1.29, 1.82) is 0 Å². The van der Waals surface area contributed by atoms with E-state index in [1.165, 1.54) is 11.9 Å². The third-order valence-electron chi connectivity index (χ3n) is 4.88. The van der Waals surface area contributed by atoms with Crippen LogP contribution in [0.5, 0.6) is 0 Å². The van der Waals surface area contributed by atoms with Crippen LogP contribution in [0, 0.1) is 6.92 Å². The largest absolute Gasteiger partial charge is 0.357 e. The Labute approximate surface area is 206 Å². The van der Waals surface area contributed by atoms with Gasteiger partial charge in [0.05, 0.1) is 11.9 Å². The summed E-state index contributed by atoms with van der Waals surface area (Å²) in [5, 5.41) is 3.29. The van der Waals surface area contributed by atoms with Crippen molar-refractivity contribution in [2.45, 2.75) is 26.4 Å². The van der Waals surface area contributed by atoms with E-state index in [1.54, 1.807) is 43.3 Å². The van der Waals surface area contributed by atoms with Gasteiger partial charge in [0.15, 0.2) is 0 Å². The lowest BCUT2D eigenvalue weighted by atomic mass is 10.1. The molecule has 0 saturated heterocycles. The van der Waals surface area contributed by atoms with Gasteiger partial charge in [-0.05, 0) is 55.3 Å². The van der Waals surface area contributed by atoms with Crippen molar-refractivity contribution in [2.24, 2.45) is 0 Å². The minimum Gasteiger partial charge on any atom is -0.357 e. The van der Waals surface area contributed by atoms with Crippen LogP contribution in [-0.4, -0.2) is 51.0 Å². The maximum Gasteiger partial charge on any atom is 0.244 e. The summed E-state index contributed by atoms with van der Waals surface area (Å²) in [4.78, 5) is 26.9. The van der Waals surface area contributed by atoms with Gasteiger partial charge in [-0.2, -0.15) is 0 Å². The summed E-state index contributed by atoms with van der Waals surface area (Å²) in [5.74, 6) is -0.952. The van der Waals surface area contributed by atoms with Crippen LogP contribution in [0.4, 0.5) is 5.69 Å². The predicted octanol–water partition coefficient (Wildman–Crippen LogP) is 3.99. The minimum atomic E-state index is -3.79. The van der Waals surface area contributed by atoms with Crippen LogP contribution in [0.25, 0.3) is 0 Å². The quantitative estimate of drug-likeness (QED) is 0.525. The van der Waals surface area contributed by atoms with Crippen LogP contribution in [0.15, 0.2) is 40.9 Å². The van der Waals surface area contributed by atoms with E-state index >= 15 is 0 Å². The second kappa shape index (κ2) is 10.9. The average molecular weight is 565 g/mol. The van der Waals surface area contributed by atoms with Gasteiger partial charge in [0.1, 0.15) is 12.6 Å². The molecule has 0 unspecified atom stereocenters. The smallest absolute Gasteiger partial charge is 0.244 e. The molecule has 0 aromatic heterocycles. The maximum absolute atomic E-state index is 13.3. The normalized spacial score (nSPS) is 12.2. The molecule has 0 fully saturated rings. The van der Waals surface area contributed by atoms with E-state index in [1.807, 2.05) is 6.92 Å². The fraction of sp³-hybridized carbons (Fsp3) is 0.333. The monoisotopic (exact) mass is 563 g/mol. The van der Waals surface area contributed by atoms with Crippen molar-refractivity contribution in [3.05, 3.63) is 62.0 Å². The summed E-state index contributed by atoms with van der Waals surface area (Å²) in [6.45, 7) is 2.90. The molecule has 0 saturated carbocycles. The van der Waals surface area contributed by atoms with E-state index in [9.17, 15) is 18.0 Å². The van der Waals surface area contributed by atoms with Crippen LogP contribution >= 0.6 is 39.1 Å². The van der Waals surface area contributed by atoms with Crippen molar-refractivity contribution >= 4 is 66.7 Å². The number of aryl methyl sites for hydroxylation is 1. The first kappa shape index (κ1) is 26.4. The standard InChI is InChI=1S/C21H24BrCl2N3O4S/c1-13-9-17(7-8-18(13)22)27(32(4,30)31)12-20(28)26(14(2)21(29)25-3)11-15-5-6-16(23)10-19(15)24/h5-10,14H,11-12H2,1-4H3,(H,25,29)/t14-/m1/s1. The van der Waals surface area contributed by atoms with E-state index in [0.29, 0.717) is 21.3 Å². The van der Waals surface area contributed by atoms with Gasteiger partial charge >= 0.3 is 0 Å². The fourth-order valence-corrected chi connectivity index (χ4v) is 4.58. The third-order valence-corrected chi connectivity index (χ3v) is 7.50. The summed E-state index contributed by atoms with van der Waals surface area (Å²) in [6, 6.07) is 8.95. The molecule has 2 aromatic rings. The van der Waals surface area contributed by atoms with Crippen LogP contribution in [0.1, 0.15) is 18.1 Å². The molecule has 0 aliphatic carbocycles. The van der Waals surface area contributed by atoms with E-state index in [2.05, 4.69) is 21.2 Å². The molecule has 0 radical (unpaired) electrons. The number of amides is 2. The van der Waals surface area contributed by atoms with Gasteiger partial charge in [0.25, 0.3) is 0 Å². The van der Waals surface area contributed by atoms with E-state index in [-0.39, 0.29) is 6.54 Å². The lowest BCUT2D eigenvalue weighted by molar-refractivity contribution is -0.139. The molecule has 32 heavy (non-hydrogen) atoms. The molecule has 174 valence electrons. The molecule has 0 heterocycles. The molecule has 0 aliphatic heterocycles. The van der Waals surface area contributed by atoms with E-state index in [0.717, 1.165) is 20.6 Å². The number of sulfonamides is 1. The number of carbonyl (C=O) groups is 2. The molecular formula is C21H24BrCl2N3O4S. The molecule has 0 aliphatic rings. The Hall–Kier alpha value is -1.81. The summed E-state index contributed by atoms with van der Waals surface area (Å²) < 4.78 is 26.9. The zero-order valence-electron chi connectivity index (χ0n) is 18.0. The molecular weight excluding hydrogens is 541 g/mol. The number of nitrogens with one attached hydrogen (secondary N) is 1. The summed E-state index contributed by atoms with van der Waals surface area (Å²) in [6.07, 6.45) is 1.03. The Bertz CT molecular complexity index is 1130. The fourth-order valence-electron chi connectivity index (χ4n) is 3.02. The first-order valence-corrected chi connectivity index (χ1v) is 12.9. The van der Waals surface area contributed by atoms with Gasteiger partial charge in [-0.1, -0.05) is 45.2 Å². The van der Waals surface area contributed by atoms with E-state index in [4.69, 9.17) is 23.2 Å². The third kappa shape index (κ3) is 6.60. The molecule has 11 heteroatoms. The Morgan fingerprint density at radius 3 is 2.34 bits per heavy atom. The zero-order chi connectivity index (χ0) is 24.2. The molecule has 2 amide bonds. The Morgan fingerprint density at radius 2 is 1.81 bits per heavy atom. The van der Waals surface area contributed by atoms with Crippen molar-refractivity contribution in [1.82, 2.24) is 10.2 Å². The first-order chi connectivity index (χ1) is 14.8. The van der Waals surface area contributed by atoms with Gasteiger partial charge in [0.2, 0.25) is 21.8 Å². The molecule has 1 atom stereocenters. The highest BCUT2D eigenvalue weighted by atomic mass is 79.9. The first-order valence-electron chi connectivity index (χ1n) is 9.54. The number of carbonyl (C=O) groups excluding carboxylic acids is 2. The second-order valence-corrected chi connectivity index (χ2v) is 10.9. The lowest BCUT2D eigenvalue weighted by Crippen LogP contribution is -2.50. The Kier molecular flexibility index (Phi) is 8.98. The van der Waals surface area contributed by atoms with Crippen molar-refractivity contribution < 1.29 is 18.0 Å². The number of likely N-dealkylation sites (N-methyl/N-ethyl adjacent to an activating group) is 1. The van der Waals surface area contributed by atoms with Crippen LogP contribution in [0.2, 0.25) is 10.0 Å². The van der Waals surface area contributed by atoms with Gasteiger partial charge < -0.3 is 10.2 Å². The number of rotatable bonds is 8. The SMILES string of the molecule is CNC(=O)[C@@H](C)N(Cc1ccc(Cl)cc1Cl)C(=O)CN(c1ccc(Br)c(C)c1)S(C)(=O)=O. The summed E-state index contributed by atoms with van der Waals surface area (Å²) >= 11 is 15.6. The summed E-state index contributed by atoms with van der Waals surface area (Å²) in [7, 11) is -2.33. The molecule has 7 nitrogen and oxygen atoms in total. The number of anilines is 1. The number of nitrogens with zero attached hydrogens (tertiary/aromatic N) is 2. The highest BCUT2D eigenvalue weighted by Gasteiger charge is 2.30. The predicted molar refractivity (Wildman–Crippen MR) is 132 cm³/mol. The van der Waals surface area contributed by atoms with Crippen molar-refractivity contribution in [3.8, 4) is 0 Å². The molecule has 0 bridgehead atoms. The number of halogens is 3. The van der Waals surface area contributed by atoms with Gasteiger partial charge in [0, 0.05) is 28.1 Å². The van der Waals surface area contributed by atoms with Gasteiger partial charge in [-0.15, -0.1) is 0 Å². The Morgan fingerprint density at radius 1 is 1.16 bits per heavy atom. The number of hydrogen-bond acceptors (Lipinski definition) is 4. The number of benzene rings is 2. The van der Waals surface area contributed by atoms with Crippen LogP contribution < -0.4 is 9.62 Å². The van der Waals surface area contributed by atoms with Crippen molar-refractivity contribution in [3.63, 3.8) is 0 Å². The lowest BCUT2D eigenvalue weighted by Gasteiger charge is -2.31. The topological polar surface area (TPSA) is 86.8 Å². The highest BCUT2D eigenvalue weighted by molar-refractivity contribution is 9.10. The number of hydrogen-bond donors (Lipinski definition) is 1. The van der Waals surface area contributed by atoms with Gasteiger partial charge in [-0.3, -0.25) is 13.9 Å². The highest BCUT2D eigenvalue weighted by Crippen LogP contribution is 2.26. The molecule has 2 rings (SSSR count). The summed E-state index contributed by atoms with van der Waals surface area (Å²) in [5.41, 5.74) is 1.73. The van der Waals surface area contributed by atoms with E-state index < -0.39 is 34.4 Å². The molecule has 2 aromatic carbocycles. The van der Waals surface area contributed by atoms with Crippen molar-refractivity contribution in [2.75, 3.05) is 24.2 Å². The van der Waals surface area contributed by atoms with Crippen LogP contribution in [-0.2, 0) is 26.2 Å². The Balaban J connectivity index is 2.43. The zero-order valence-corrected chi connectivity index (χ0v) is 21.9. The average Bonchev–Trinajstić information content (AvgIpc) is 2.71. The molecule has 1 N–H and O–H groups in total. The molecule has 0 spiro atoms. The maximum atomic E-state index is 13.3. The minimum absolute atomic E-state index is 0.000387. The second-order valence-electron chi connectivity index (χ2n) is 7.25. The van der Waals surface area contributed by atoms with Crippen LogP contribution in [0.3, 0.4) is 0 Å². The van der Waals surface area contributed by atoms with Gasteiger partial charge in [-0.25, -0.2) is 8.42 Å².